The maximum absolute atomic E-state index is 13.3. The number of rotatable bonds is 4. The standard InChI is InChI=1S/C29H22N6O2/c1-35-15-21(20-5-2-3-7-24(20)35)26(36)23-12-25(32-16-31-23)33-19-9-8-17-13-29(14-18(17)11-19)22-6-4-10-30-27(22)34-28(29)37/h2-12,15-16H,13-14H2,1H3,(H,30,34,37)(H,31,32,33). The van der Waals surface area contributed by atoms with Crippen molar-refractivity contribution >= 4 is 39.9 Å². The molecule has 1 unspecified atom stereocenters. The number of nitrogens with one attached hydrogen (secondary N) is 2. The lowest BCUT2D eigenvalue weighted by Crippen LogP contribution is -2.35. The number of fused-ring (bicyclic) bond motifs is 4. The second-order valence-electron chi connectivity index (χ2n) is 9.69. The number of para-hydroxylation sites is 1. The number of carbonyl (C=O) groups excluding carboxylic acids is 2. The van der Waals surface area contributed by atoms with E-state index in [1.807, 2.05) is 60.3 Å². The minimum atomic E-state index is -0.614. The van der Waals surface area contributed by atoms with Crippen LogP contribution >= 0.6 is 0 Å². The van der Waals surface area contributed by atoms with E-state index >= 15 is 0 Å². The molecule has 0 fully saturated rings. The van der Waals surface area contributed by atoms with Gasteiger partial charge in [-0.2, -0.15) is 0 Å². The number of hydrogen-bond donors (Lipinski definition) is 2. The van der Waals surface area contributed by atoms with E-state index in [0.29, 0.717) is 35.7 Å². The van der Waals surface area contributed by atoms with Crippen LogP contribution in [0.5, 0.6) is 0 Å². The summed E-state index contributed by atoms with van der Waals surface area (Å²) in [5.41, 5.74) is 5.35. The van der Waals surface area contributed by atoms with E-state index < -0.39 is 5.41 Å². The molecule has 180 valence electrons. The molecule has 8 nitrogen and oxygen atoms in total. The molecular weight excluding hydrogens is 464 g/mol. The summed E-state index contributed by atoms with van der Waals surface area (Å²) in [6, 6.07) is 19.4. The highest BCUT2D eigenvalue weighted by Gasteiger charge is 2.51. The summed E-state index contributed by atoms with van der Waals surface area (Å²) < 4.78 is 1.94. The molecule has 0 saturated heterocycles. The Kier molecular flexibility index (Phi) is 4.53. The molecule has 1 atom stereocenters. The quantitative estimate of drug-likeness (QED) is 0.367. The minimum absolute atomic E-state index is 0.000648. The van der Waals surface area contributed by atoms with Crippen LogP contribution in [0.15, 0.2) is 79.4 Å². The fourth-order valence-electron chi connectivity index (χ4n) is 5.70. The molecule has 0 bridgehead atoms. The van der Waals surface area contributed by atoms with Gasteiger partial charge in [-0.25, -0.2) is 15.0 Å². The molecule has 7 rings (SSSR count). The number of benzene rings is 2. The lowest BCUT2D eigenvalue weighted by molar-refractivity contribution is -0.120. The van der Waals surface area contributed by atoms with Crippen LogP contribution in [-0.4, -0.2) is 31.2 Å². The number of ketones is 1. The molecule has 2 aliphatic rings. The van der Waals surface area contributed by atoms with Crippen LogP contribution in [0.4, 0.5) is 17.3 Å². The first kappa shape index (κ1) is 21.4. The summed E-state index contributed by atoms with van der Waals surface area (Å²) in [7, 11) is 1.92. The molecule has 0 saturated carbocycles. The van der Waals surface area contributed by atoms with E-state index in [-0.39, 0.29) is 11.7 Å². The van der Waals surface area contributed by atoms with Gasteiger partial charge < -0.3 is 15.2 Å². The normalized spacial score (nSPS) is 17.6. The van der Waals surface area contributed by atoms with Gasteiger partial charge in [0.15, 0.2) is 0 Å². The van der Waals surface area contributed by atoms with Crippen LogP contribution < -0.4 is 10.6 Å². The van der Waals surface area contributed by atoms with Gasteiger partial charge in [0, 0.05) is 53.2 Å². The molecule has 37 heavy (non-hydrogen) atoms. The second-order valence-corrected chi connectivity index (χ2v) is 9.69. The number of amides is 1. The summed E-state index contributed by atoms with van der Waals surface area (Å²) in [5, 5.41) is 7.15. The van der Waals surface area contributed by atoms with Crippen LogP contribution in [0.3, 0.4) is 0 Å². The minimum Gasteiger partial charge on any atom is -0.350 e. The summed E-state index contributed by atoms with van der Waals surface area (Å²) in [6.45, 7) is 0. The van der Waals surface area contributed by atoms with Crippen molar-refractivity contribution in [1.82, 2.24) is 19.5 Å². The molecular formula is C29H22N6O2. The van der Waals surface area contributed by atoms with Gasteiger partial charge in [-0.1, -0.05) is 30.3 Å². The van der Waals surface area contributed by atoms with Gasteiger partial charge in [-0.05, 0) is 48.2 Å². The van der Waals surface area contributed by atoms with Gasteiger partial charge in [0.2, 0.25) is 11.7 Å². The van der Waals surface area contributed by atoms with Crippen LogP contribution in [0.2, 0.25) is 0 Å². The van der Waals surface area contributed by atoms with Gasteiger partial charge in [0.25, 0.3) is 0 Å². The first-order valence-electron chi connectivity index (χ1n) is 12.1. The van der Waals surface area contributed by atoms with Crippen molar-refractivity contribution in [2.24, 2.45) is 7.05 Å². The van der Waals surface area contributed by atoms with Crippen molar-refractivity contribution in [3.63, 3.8) is 0 Å². The van der Waals surface area contributed by atoms with Gasteiger partial charge in [0.1, 0.15) is 23.7 Å². The van der Waals surface area contributed by atoms with E-state index in [2.05, 4.69) is 37.7 Å². The number of aromatic nitrogens is 4. The average molecular weight is 487 g/mol. The monoisotopic (exact) mass is 486 g/mol. The fraction of sp³-hybridized carbons (Fsp3) is 0.138. The van der Waals surface area contributed by atoms with Crippen molar-refractivity contribution in [1.29, 1.82) is 0 Å². The zero-order chi connectivity index (χ0) is 25.1. The van der Waals surface area contributed by atoms with Gasteiger partial charge in [-0.15, -0.1) is 0 Å². The summed E-state index contributed by atoms with van der Waals surface area (Å²) in [5.74, 6) is 1.03. The molecule has 1 aliphatic carbocycles. The molecule has 2 aromatic carbocycles. The van der Waals surface area contributed by atoms with Crippen molar-refractivity contribution in [2.75, 3.05) is 10.6 Å². The van der Waals surface area contributed by atoms with Crippen LogP contribution in [0.25, 0.3) is 10.9 Å². The Balaban J connectivity index is 1.16. The summed E-state index contributed by atoms with van der Waals surface area (Å²) in [6.07, 6.45) is 6.19. The number of aryl methyl sites for hydroxylation is 1. The number of anilines is 3. The summed E-state index contributed by atoms with van der Waals surface area (Å²) >= 11 is 0. The van der Waals surface area contributed by atoms with Crippen molar-refractivity contribution in [3.05, 3.63) is 107 Å². The SMILES string of the molecule is Cn1cc(C(=O)c2cc(Nc3ccc4c(c3)CC3(C4)C(=O)Nc4ncccc43)ncn2)c2ccccc21. The Morgan fingerprint density at radius 1 is 1.00 bits per heavy atom. The van der Waals surface area contributed by atoms with Gasteiger partial charge >= 0.3 is 0 Å². The molecule has 4 heterocycles. The Hall–Kier alpha value is -4.85. The molecule has 5 aromatic rings. The van der Waals surface area contributed by atoms with E-state index in [4.69, 9.17) is 0 Å². The van der Waals surface area contributed by atoms with E-state index in [0.717, 1.165) is 33.3 Å². The van der Waals surface area contributed by atoms with E-state index in [1.54, 1.807) is 12.3 Å². The first-order chi connectivity index (χ1) is 18.0. The third-order valence-corrected chi connectivity index (χ3v) is 7.49. The Labute approximate surface area is 212 Å². The molecule has 8 heteroatoms. The van der Waals surface area contributed by atoms with E-state index in [1.165, 1.54) is 6.33 Å². The van der Waals surface area contributed by atoms with Crippen LogP contribution in [0, 0.1) is 0 Å². The Morgan fingerprint density at radius 2 is 1.86 bits per heavy atom. The number of nitrogens with zero attached hydrogens (tertiary/aromatic N) is 4. The highest BCUT2D eigenvalue weighted by molar-refractivity contribution is 6.15. The summed E-state index contributed by atoms with van der Waals surface area (Å²) in [4.78, 5) is 39.2. The largest absolute Gasteiger partial charge is 0.350 e. The number of pyridine rings is 1. The predicted molar refractivity (Wildman–Crippen MR) is 140 cm³/mol. The first-order valence-corrected chi connectivity index (χ1v) is 12.1. The van der Waals surface area contributed by atoms with E-state index in [9.17, 15) is 9.59 Å². The second kappa shape index (κ2) is 7.83. The van der Waals surface area contributed by atoms with Gasteiger partial charge in [-0.3, -0.25) is 9.59 Å². The lowest BCUT2D eigenvalue weighted by Gasteiger charge is -2.20. The zero-order valence-corrected chi connectivity index (χ0v) is 20.0. The topological polar surface area (TPSA) is 102 Å². The predicted octanol–water partition coefficient (Wildman–Crippen LogP) is 4.33. The number of carbonyl (C=O) groups is 2. The van der Waals surface area contributed by atoms with Crippen LogP contribution in [0.1, 0.15) is 32.7 Å². The third-order valence-electron chi connectivity index (χ3n) is 7.49. The molecule has 3 aromatic heterocycles. The lowest BCUT2D eigenvalue weighted by atomic mass is 9.79. The fourth-order valence-corrected chi connectivity index (χ4v) is 5.70. The van der Waals surface area contributed by atoms with Gasteiger partial charge in [0.05, 0.1) is 5.41 Å². The zero-order valence-electron chi connectivity index (χ0n) is 20.0. The highest BCUT2D eigenvalue weighted by Crippen LogP contribution is 2.47. The molecule has 2 N–H and O–H groups in total. The average Bonchev–Trinajstić information content (AvgIpc) is 3.55. The van der Waals surface area contributed by atoms with Crippen molar-refractivity contribution in [3.8, 4) is 0 Å². The Bertz CT molecular complexity index is 1760. The molecule has 1 aliphatic heterocycles. The Morgan fingerprint density at radius 3 is 2.78 bits per heavy atom. The smallest absolute Gasteiger partial charge is 0.237 e. The molecule has 0 radical (unpaired) electrons. The highest BCUT2D eigenvalue weighted by atomic mass is 16.2. The number of hydrogen-bond acceptors (Lipinski definition) is 6. The van der Waals surface area contributed by atoms with Crippen LogP contribution in [-0.2, 0) is 30.1 Å². The maximum Gasteiger partial charge on any atom is 0.237 e. The maximum atomic E-state index is 13.3. The third kappa shape index (κ3) is 3.26. The van der Waals surface area contributed by atoms with Crippen molar-refractivity contribution < 1.29 is 9.59 Å². The van der Waals surface area contributed by atoms with Crippen molar-refractivity contribution in [2.45, 2.75) is 18.3 Å². The molecule has 1 spiro atoms. The molecule has 1 amide bonds.